The Morgan fingerprint density at radius 1 is 1.06 bits per heavy atom. The van der Waals surface area contributed by atoms with Gasteiger partial charge in [-0.2, -0.15) is 0 Å². The van der Waals surface area contributed by atoms with Gasteiger partial charge in [0.25, 0.3) is 0 Å². The molecule has 2 heterocycles. The minimum Gasteiger partial charge on any atom is -0.486 e. The third-order valence-corrected chi connectivity index (χ3v) is 7.23. The van der Waals surface area contributed by atoms with Crippen LogP contribution in [0.4, 0.5) is 0 Å². The molecule has 1 aliphatic carbocycles. The first kappa shape index (κ1) is 21.7. The first-order valence-corrected chi connectivity index (χ1v) is 12.7. The lowest BCUT2D eigenvalue weighted by molar-refractivity contribution is -0.155. The highest BCUT2D eigenvalue weighted by molar-refractivity contribution is 7.99. The molecule has 5 nitrogen and oxygen atoms in total. The largest absolute Gasteiger partial charge is 0.486 e. The molecule has 0 unspecified atom stereocenters. The summed E-state index contributed by atoms with van der Waals surface area (Å²) in [6.45, 7) is 2.68. The zero-order valence-electron chi connectivity index (χ0n) is 18.7. The standard InChI is InChI=1S/C26H30O5S/c1-16(27)30-21-14-24(31-26(15-21)32-2)19-6-7-22(18-4-5-18)20(13-19)11-17-3-8-23-25(12-17)29-10-9-28-23/h3,6-8,12-13,18,21,24,26H,4-5,9-11,14-15H2,1-2H3/t21-,24-,26-/m1/s1. The maximum Gasteiger partial charge on any atom is 0.302 e. The van der Waals surface area contributed by atoms with Gasteiger partial charge in [-0.25, -0.2) is 0 Å². The van der Waals surface area contributed by atoms with Gasteiger partial charge in [0.2, 0.25) is 0 Å². The van der Waals surface area contributed by atoms with Crippen LogP contribution < -0.4 is 9.47 Å². The smallest absolute Gasteiger partial charge is 0.302 e. The van der Waals surface area contributed by atoms with Gasteiger partial charge in [-0.3, -0.25) is 4.79 Å². The molecule has 0 N–H and O–H groups in total. The van der Waals surface area contributed by atoms with Crippen LogP contribution in [0.25, 0.3) is 0 Å². The molecule has 0 spiro atoms. The zero-order valence-corrected chi connectivity index (χ0v) is 19.5. The topological polar surface area (TPSA) is 54.0 Å². The average molecular weight is 455 g/mol. The number of carbonyl (C=O) groups is 1. The summed E-state index contributed by atoms with van der Waals surface area (Å²) in [4.78, 5) is 11.5. The van der Waals surface area contributed by atoms with Gasteiger partial charge in [-0.15, -0.1) is 11.8 Å². The molecule has 0 radical (unpaired) electrons. The molecule has 0 aromatic heterocycles. The van der Waals surface area contributed by atoms with Crippen LogP contribution in [0.3, 0.4) is 0 Å². The van der Waals surface area contributed by atoms with Crippen molar-refractivity contribution in [1.82, 2.24) is 0 Å². The summed E-state index contributed by atoms with van der Waals surface area (Å²) in [6.07, 6.45) is 6.67. The Morgan fingerprint density at radius 2 is 1.88 bits per heavy atom. The summed E-state index contributed by atoms with van der Waals surface area (Å²) in [5, 5.41) is 0. The van der Waals surface area contributed by atoms with E-state index in [4.69, 9.17) is 18.9 Å². The minimum absolute atomic E-state index is 0.0300. The summed E-state index contributed by atoms with van der Waals surface area (Å²) in [5.41, 5.74) is 5.20. The van der Waals surface area contributed by atoms with Crippen molar-refractivity contribution in [3.8, 4) is 11.5 Å². The Bertz CT molecular complexity index is 986. The lowest BCUT2D eigenvalue weighted by atomic mass is 9.91. The number of fused-ring (bicyclic) bond motifs is 1. The van der Waals surface area contributed by atoms with E-state index in [0.29, 0.717) is 25.6 Å². The number of esters is 1. The second-order valence-electron chi connectivity index (χ2n) is 8.88. The minimum atomic E-state index is -0.223. The molecule has 0 bridgehead atoms. The molecule has 2 aromatic rings. The van der Waals surface area contributed by atoms with Crippen molar-refractivity contribution < 1.29 is 23.7 Å². The average Bonchev–Trinajstić information content (AvgIpc) is 3.63. The molecular formula is C26H30O5S. The van der Waals surface area contributed by atoms with Crippen molar-refractivity contribution >= 4 is 17.7 Å². The van der Waals surface area contributed by atoms with Crippen LogP contribution in [0.1, 0.15) is 66.9 Å². The first-order valence-electron chi connectivity index (χ1n) is 11.5. The van der Waals surface area contributed by atoms with E-state index in [0.717, 1.165) is 29.9 Å². The van der Waals surface area contributed by atoms with Crippen LogP contribution in [0.15, 0.2) is 36.4 Å². The zero-order chi connectivity index (χ0) is 22.1. The monoisotopic (exact) mass is 454 g/mol. The van der Waals surface area contributed by atoms with Gasteiger partial charge in [0, 0.05) is 19.8 Å². The summed E-state index contributed by atoms with van der Waals surface area (Å²) < 4.78 is 23.4. The van der Waals surface area contributed by atoms with Gasteiger partial charge in [0.15, 0.2) is 11.5 Å². The summed E-state index contributed by atoms with van der Waals surface area (Å²) >= 11 is 1.67. The van der Waals surface area contributed by atoms with Crippen LogP contribution in [0.5, 0.6) is 11.5 Å². The molecule has 32 heavy (non-hydrogen) atoms. The molecule has 3 aliphatic rings. The van der Waals surface area contributed by atoms with E-state index in [2.05, 4.69) is 30.3 Å². The van der Waals surface area contributed by atoms with Crippen LogP contribution in [-0.2, 0) is 20.7 Å². The predicted octanol–water partition coefficient (Wildman–Crippen LogP) is 5.40. The fourth-order valence-corrected chi connectivity index (χ4v) is 5.38. The first-order chi connectivity index (χ1) is 15.6. The van der Waals surface area contributed by atoms with Gasteiger partial charge in [0.05, 0.1) is 6.10 Å². The number of benzene rings is 2. The quantitative estimate of drug-likeness (QED) is 0.545. The van der Waals surface area contributed by atoms with Crippen LogP contribution >= 0.6 is 11.8 Å². The molecular weight excluding hydrogens is 424 g/mol. The second-order valence-corrected chi connectivity index (χ2v) is 9.88. The Morgan fingerprint density at radius 3 is 2.62 bits per heavy atom. The van der Waals surface area contributed by atoms with E-state index in [-0.39, 0.29) is 23.6 Å². The van der Waals surface area contributed by atoms with Gasteiger partial charge >= 0.3 is 5.97 Å². The molecule has 2 aliphatic heterocycles. The van der Waals surface area contributed by atoms with E-state index < -0.39 is 0 Å². The molecule has 2 aromatic carbocycles. The summed E-state index contributed by atoms with van der Waals surface area (Å²) in [6, 6.07) is 13.1. The molecule has 3 atom stereocenters. The van der Waals surface area contributed by atoms with E-state index in [1.165, 1.54) is 36.5 Å². The van der Waals surface area contributed by atoms with Crippen LogP contribution in [0, 0.1) is 0 Å². The Hall–Kier alpha value is -2.18. The Labute approximate surface area is 193 Å². The highest BCUT2D eigenvalue weighted by Gasteiger charge is 2.33. The van der Waals surface area contributed by atoms with Crippen molar-refractivity contribution in [2.75, 3.05) is 19.5 Å². The van der Waals surface area contributed by atoms with Crippen molar-refractivity contribution in [2.45, 2.75) is 62.6 Å². The van der Waals surface area contributed by atoms with E-state index in [9.17, 15) is 4.79 Å². The molecule has 6 heteroatoms. The lowest BCUT2D eigenvalue weighted by Gasteiger charge is -2.34. The van der Waals surface area contributed by atoms with E-state index >= 15 is 0 Å². The summed E-state index contributed by atoms with van der Waals surface area (Å²) in [7, 11) is 0. The van der Waals surface area contributed by atoms with Crippen molar-refractivity contribution in [3.05, 3.63) is 58.7 Å². The van der Waals surface area contributed by atoms with Gasteiger partial charge in [0.1, 0.15) is 24.8 Å². The maximum absolute atomic E-state index is 11.5. The Balaban J connectivity index is 1.41. The van der Waals surface area contributed by atoms with Crippen LogP contribution in [0.2, 0.25) is 0 Å². The lowest BCUT2D eigenvalue weighted by Crippen LogP contribution is -2.32. The SMILES string of the molecule is CS[C@@H]1C[C@H](OC(C)=O)C[C@H](c2ccc(C3CC3)c(Cc3ccc4c(c3)OCCO4)c2)O1. The molecule has 2 fully saturated rings. The Kier molecular flexibility index (Phi) is 6.33. The molecule has 1 saturated heterocycles. The number of thioether (sulfide) groups is 1. The van der Waals surface area contributed by atoms with E-state index in [1.807, 2.05) is 12.3 Å². The predicted molar refractivity (Wildman–Crippen MR) is 125 cm³/mol. The van der Waals surface area contributed by atoms with Crippen LogP contribution in [-0.4, -0.2) is 37.0 Å². The van der Waals surface area contributed by atoms with Gasteiger partial charge < -0.3 is 18.9 Å². The second kappa shape index (κ2) is 9.36. The highest BCUT2D eigenvalue weighted by Crippen LogP contribution is 2.44. The van der Waals surface area contributed by atoms with Gasteiger partial charge in [-0.1, -0.05) is 24.3 Å². The fraction of sp³-hybridized carbons (Fsp3) is 0.500. The third-order valence-electron chi connectivity index (χ3n) is 6.40. The number of carbonyl (C=O) groups excluding carboxylic acids is 1. The summed E-state index contributed by atoms with van der Waals surface area (Å²) in [5.74, 6) is 2.10. The van der Waals surface area contributed by atoms with Crippen molar-refractivity contribution in [1.29, 1.82) is 0 Å². The third kappa shape index (κ3) is 4.91. The molecule has 0 amide bonds. The molecule has 1 saturated carbocycles. The number of hydrogen-bond donors (Lipinski definition) is 0. The van der Waals surface area contributed by atoms with Gasteiger partial charge in [-0.05, 0) is 65.8 Å². The van der Waals surface area contributed by atoms with E-state index in [1.54, 1.807) is 11.8 Å². The number of hydrogen-bond acceptors (Lipinski definition) is 6. The maximum atomic E-state index is 11.5. The fourth-order valence-electron chi connectivity index (χ4n) is 4.73. The van der Waals surface area contributed by atoms with Crippen molar-refractivity contribution in [3.63, 3.8) is 0 Å². The number of ether oxygens (including phenoxy) is 4. The normalized spacial score (nSPS) is 24.8. The molecule has 170 valence electrons. The highest BCUT2D eigenvalue weighted by atomic mass is 32.2. The number of rotatable bonds is 6. The molecule has 5 rings (SSSR count). The van der Waals surface area contributed by atoms with Crippen molar-refractivity contribution in [2.24, 2.45) is 0 Å².